The standard InChI is InChI=1S/C10H14FNO.ClH/c1-7-2-3-8(11)6-9(7)10(12)4-5-13;/h2-3,6,10,13H,4-5,12H2,1H3;1H. The first-order chi connectivity index (χ1) is 6.15. The Morgan fingerprint density at radius 3 is 2.71 bits per heavy atom. The van der Waals surface area contributed by atoms with E-state index in [1.807, 2.05) is 6.92 Å². The maximum absolute atomic E-state index is 12.8. The third-order valence-corrected chi connectivity index (χ3v) is 2.08. The van der Waals surface area contributed by atoms with Gasteiger partial charge in [-0.15, -0.1) is 12.4 Å². The van der Waals surface area contributed by atoms with E-state index in [9.17, 15) is 4.39 Å². The second kappa shape index (κ2) is 5.96. The van der Waals surface area contributed by atoms with Gasteiger partial charge in [-0.2, -0.15) is 0 Å². The van der Waals surface area contributed by atoms with Gasteiger partial charge >= 0.3 is 0 Å². The Kier molecular flexibility index (Phi) is 5.69. The molecule has 0 aromatic heterocycles. The van der Waals surface area contributed by atoms with Crippen LogP contribution in [-0.4, -0.2) is 11.7 Å². The summed E-state index contributed by atoms with van der Waals surface area (Å²) in [5.41, 5.74) is 7.48. The molecule has 0 aliphatic heterocycles. The van der Waals surface area contributed by atoms with Crippen molar-refractivity contribution >= 4 is 12.4 Å². The highest BCUT2D eigenvalue weighted by Gasteiger charge is 2.08. The normalized spacial score (nSPS) is 12.0. The van der Waals surface area contributed by atoms with Gasteiger partial charge in [0.15, 0.2) is 0 Å². The van der Waals surface area contributed by atoms with Gasteiger partial charge in [-0.25, -0.2) is 4.39 Å². The van der Waals surface area contributed by atoms with Crippen molar-refractivity contribution in [2.24, 2.45) is 5.73 Å². The van der Waals surface area contributed by atoms with E-state index in [1.165, 1.54) is 12.1 Å². The molecule has 0 saturated carbocycles. The lowest BCUT2D eigenvalue weighted by molar-refractivity contribution is 0.276. The average Bonchev–Trinajstić information content (AvgIpc) is 2.09. The molecule has 1 unspecified atom stereocenters. The van der Waals surface area contributed by atoms with E-state index in [2.05, 4.69) is 0 Å². The molecular formula is C10H15ClFNO. The lowest BCUT2D eigenvalue weighted by Crippen LogP contribution is -2.13. The molecule has 0 spiro atoms. The van der Waals surface area contributed by atoms with E-state index >= 15 is 0 Å². The minimum atomic E-state index is -0.283. The van der Waals surface area contributed by atoms with Crippen molar-refractivity contribution in [1.29, 1.82) is 0 Å². The molecule has 0 aliphatic carbocycles. The van der Waals surface area contributed by atoms with Crippen LogP contribution >= 0.6 is 12.4 Å². The third-order valence-electron chi connectivity index (χ3n) is 2.08. The monoisotopic (exact) mass is 219 g/mol. The average molecular weight is 220 g/mol. The van der Waals surface area contributed by atoms with Crippen molar-refractivity contribution < 1.29 is 9.50 Å². The summed E-state index contributed by atoms with van der Waals surface area (Å²) in [5.74, 6) is -0.283. The van der Waals surface area contributed by atoms with Gasteiger partial charge in [-0.3, -0.25) is 0 Å². The first kappa shape index (κ1) is 13.4. The van der Waals surface area contributed by atoms with Crippen molar-refractivity contribution in [3.05, 3.63) is 35.1 Å². The molecule has 0 radical (unpaired) electrons. The lowest BCUT2D eigenvalue weighted by atomic mass is 10.00. The quantitative estimate of drug-likeness (QED) is 0.816. The van der Waals surface area contributed by atoms with Gasteiger partial charge in [0, 0.05) is 12.6 Å². The molecule has 1 rings (SSSR count). The number of hydrogen-bond acceptors (Lipinski definition) is 2. The van der Waals surface area contributed by atoms with Crippen LogP contribution in [0.15, 0.2) is 18.2 Å². The zero-order valence-electron chi connectivity index (χ0n) is 8.03. The summed E-state index contributed by atoms with van der Waals surface area (Å²) in [5, 5.41) is 8.68. The summed E-state index contributed by atoms with van der Waals surface area (Å²) in [6.07, 6.45) is 0.463. The van der Waals surface area contributed by atoms with E-state index in [1.54, 1.807) is 6.07 Å². The molecule has 0 aliphatic rings. The summed E-state index contributed by atoms with van der Waals surface area (Å²) < 4.78 is 12.8. The second-order valence-electron chi connectivity index (χ2n) is 3.12. The zero-order valence-corrected chi connectivity index (χ0v) is 8.85. The SMILES string of the molecule is Cc1ccc(F)cc1C(N)CCO.Cl. The Bertz CT molecular complexity index is 293. The highest BCUT2D eigenvalue weighted by molar-refractivity contribution is 5.85. The number of hydrogen-bond donors (Lipinski definition) is 2. The number of nitrogens with two attached hydrogens (primary N) is 1. The molecule has 80 valence electrons. The molecule has 0 amide bonds. The van der Waals surface area contributed by atoms with Crippen molar-refractivity contribution in [2.75, 3.05) is 6.61 Å². The van der Waals surface area contributed by atoms with Gasteiger partial charge in [0.25, 0.3) is 0 Å². The van der Waals surface area contributed by atoms with Crippen LogP contribution < -0.4 is 5.73 Å². The Morgan fingerprint density at radius 2 is 2.14 bits per heavy atom. The van der Waals surface area contributed by atoms with E-state index in [0.29, 0.717) is 6.42 Å². The largest absolute Gasteiger partial charge is 0.396 e. The first-order valence-corrected chi connectivity index (χ1v) is 4.27. The predicted octanol–water partition coefficient (Wildman–Crippen LogP) is 1.94. The summed E-state index contributed by atoms with van der Waals surface area (Å²) in [6.45, 7) is 1.91. The number of benzene rings is 1. The van der Waals surface area contributed by atoms with Gasteiger partial charge in [0.2, 0.25) is 0 Å². The van der Waals surface area contributed by atoms with Crippen LogP contribution in [0.2, 0.25) is 0 Å². The molecule has 1 aromatic carbocycles. The molecule has 2 nitrogen and oxygen atoms in total. The maximum atomic E-state index is 12.8. The fourth-order valence-electron chi connectivity index (χ4n) is 1.31. The van der Waals surface area contributed by atoms with Gasteiger partial charge in [0.05, 0.1) is 0 Å². The third kappa shape index (κ3) is 3.25. The van der Waals surface area contributed by atoms with Gasteiger partial charge in [0.1, 0.15) is 5.82 Å². The molecule has 0 bridgehead atoms. The zero-order chi connectivity index (χ0) is 9.84. The van der Waals surface area contributed by atoms with Gasteiger partial charge in [-0.1, -0.05) is 6.07 Å². The van der Waals surface area contributed by atoms with Crippen LogP contribution in [0.4, 0.5) is 4.39 Å². The molecular weight excluding hydrogens is 205 g/mol. The van der Waals surface area contributed by atoms with E-state index in [0.717, 1.165) is 11.1 Å². The summed E-state index contributed by atoms with van der Waals surface area (Å²) in [4.78, 5) is 0. The lowest BCUT2D eigenvalue weighted by Gasteiger charge is -2.13. The number of aliphatic hydroxyl groups is 1. The van der Waals surface area contributed by atoms with Crippen molar-refractivity contribution in [1.82, 2.24) is 0 Å². The second-order valence-corrected chi connectivity index (χ2v) is 3.12. The molecule has 0 heterocycles. The highest BCUT2D eigenvalue weighted by atomic mass is 35.5. The molecule has 1 atom stereocenters. The number of halogens is 2. The molecule has 3 N–H and O–H groups in total. The van der Waals surface area contributed by atoms with Crippen molar-refractivity contribution in [2.45, 2.75) is 19.4 Å². The van der Waals surface area contributed by atoms with Crippen molar-refractivity contribution in [3.63, 3.8) is 0 Å². The minimum Gasteiger partial charge on any atom is -0.396 e. The summed E-state index contributed by atoms with van der Waals surface area (Å²) in [6, 6.07) is 4.25. The maximum Gasteiger partial charge on any atom is 0.123 e. The van der Waals surface area contributed by atoms with Gasteiger partial charge < -0.3 is 10.8 Å². The molecule has 1 aromatic rings. The molecule has 0 saturated heterocycles. The van der Waals surface area contributed by atoms with Crippen molar-refractivity contribution in [3.8, 4) is 0 Å². The van der Waals surface area contributed by atoms with E-state index in [-0.39, 0.29) is 30.9 Å². The highest BCUT2D eigenvalue weighted by Crippen LogP contribution is 2.19. The summed E-state index contributed by atoms with van der Waals surface area (Å²) >= 11 is 0. The predicted molar refractivity (Wildman–Crippen MR) is 57.0 cm³/mol. The Balaban J connectivity index is 0.00000169. The van der Waals surface area contributed by atoms with Crippen LogP contribution in [0.5, 0.6) is 0 Å². The number of rotatable bonds is 3. The van der Waals surface area contributed by atoms with Crippen LogP contribution in [0.25, 0.3) is 0 Å². The smallest absolute Gasteiger partial charge is 0.123 e. The molecule has 14 heavy (non-hydrogen) atoms. The molecule has 4 heteroatoms. The fourth-order valence-corrected chi connectivity index (χ4v) is 1.31. The minimum absolute atomic E-state index is 0. The van der Waals surface area contributed by atoms with E-state index < -0.39 is 0 Å². The topological polar surface area (TPSA) is 46.2 Å². The van der Waals surface area contributed by atoms with Gasteiger partial charge in [-0.05, 0) is 36.6 Å². The van der Waals surface area contributed by atoms with Crippen LogP contribution in [0.3, 0.4) is 0 Å². The van der Waals surface area contributed by atoms with Crippen LogP contribution in [0.1, 0.15) is 23.6 Å². The Morgan fingerprint density at radius 1 is 1.50 bits per heavy atom. The summed E-state index contributed by atoms with van der Waals surface area (Å²) in [7, 11) is 0. The Labute approximate surface area is 89.3 Å². The number of aliphatic hydroxyl groups excluding tert-OH is 1. The molecule has 0 fully saturated rings. The van der Waals surface area contributed by atoms with Crippen LogP contribution in [0, 0.1) is 12.7 Å². The van der Waals surface area contributed by atoms with E-state index in [4.69, 9.17) is 10.8 Å². The first-order valence-electron chi connectivity index (χ1n) is 4.27. The Hall–Kier alpha value is -0.640. The fraction of sp³-hybridized carbons (Fsp3) is 0.400. The van der Waals surface area contributed by atoms with Crippen LogP contribution in [-0.2, 0) is 0 Å². The number of aryl methyl sites for hydroxylation is 1.